The van der Waals surface area contributed by atoms with Crippen LogP contribution < -0.4 is 0 Å². The minimum Gasteiger partial charge on any atom is -0.342 e. The van der Waals surface area contributed by atoms with Gasteiger partial charge >= 0.3 is 0 Å². The number of aromatic amines is 1. The van der Waals surface area contributed by atoms with Gasteiger partial charge in [0.2, 0.25) is 0 Å². The molecule has 2 aromatic rings. The molecule has 0 aliphatic carbocycles. The molecule has 0 saturated heterocycles. The number of fused-ring (bicyclic) bond motifs is 1. The monoisotopic (exact) mass is 454 g/mol. The van der Waals surface area contributed by atoms with Gasteiger partial charge in [0.1, 0.15) is 5.82 Å². The third-order valence-electron chi connectivity index (χ3n) is 7.40. The van der Waals surface area contributed by atoms with Crippen molar-refractivity contribution in [2.45, 2.75) is 149 Å². The third-order valence-corrected chi connectivity index (χ3v) is 7.40. The maximum absolute atomic E-state index is 4.72. The van der Waals surface area contributed by atoms with Gasteiger partial charge in [-0.2, -0.15) is 0 Å². The summed E-state index contributed by atoms with van der Waals surface area (Å²) >= 11 is 0. The van der Waals surface area contributed by atoms with E-state index in [0.717, 1.165) is 23.7 Å². The molecule has 0 fully saturated rings. The average Bonchev–Trinajstić information content (AvgIpc) is 3.25. The van der Waals surface area contributed by atoms with Gasteiger partial charge in [-0.05, 0) is 24.5 Å². The van der Waals surface area contributed by atoms with Crippen molar-refractivity contribution in [2.75, 3.05) is 0 Å². The van der Waals surface area contributed by atoms with Crippen LogP contribution in [0.2, 0.25) is 0 Å². The number of benzene rings is 1. The van der Waals surface area contributed by atoms with Crippen LogP contribution in [0.1, 0.15) is 148 Å². The second kappa shape index (κ2) is 19.0. The molecule has 2 rings (SSSR count). The molecule has 1 aromatic carbocycles. The Labute approximate surface area is 205 Å². The van der Waals surface area contributed by atoms with E-state index in [9.17, 15) is 0 Å². The van der Waals surface area contributed by atoms with Crippen molar-refractivity contribution in [3.63, 3.8) is 0 Å². The van der Waals surface area contributed by atoms with Gasteiger partial charge in [-0.3, -0.25) is 0 Å². The summed E-state index contributed by atoms with van der Waals surface area (Å²) in [5.41, 5.74) is 2.28. The first kappa shape index (κ1) is 27.9. The predicted molar refractivity (Wildman–Crippen MR) is 147 cm³/mol. The van der Waals surface area contributed by atoms with Crippen molar-refractivity contribution in [1.82, 2.24) is 9.97 Å². The standard InChI is InChI=1S/C31H54N2/c1-3-5-7-9-12-16-22-28(23-17-13-10-8-6-4-2)24-18-14-11-15-19-27-31-32-29-25-20-21-26-30(29)33-31/h20-21,25-26,28H,3-19,22-24,27H2,1-2H3,(H,32,33). The van der Waals surface area contributed by atoms with Crippen molar-refractivity contribution in [2.24, 2.45) is 5.92 Å². The van der Waals surface area contributed by atoms with E-state index < -0.39 is 0 Å². The van der Waals surface area contributed by atoms with E-state index in [1.54, 1.807) is 0 Å². The van der Waals surface area contributed by atoms with Gasteiger partial charge in [-0.25, -0.2) is 4.98 Å². The lowest BCUT2D eigenvalue weighted by Gasteiger charge is -2.17. The molecule has 2 nitrogen and oxygen atoms in total. The molecule has 0 aliphatic heterocycles. The molecule has 2 heteroatoms. The molecule has 0 unspecified atom stereocenters. The van der Waals surface area contributed by atoms with Gasteiger partial charge in [-0.15, -0.1) is 0 Å². The Morgan fingerprint density at radius 1 is 0.606 bits per heavy atom. The first-order valence-electron chi connectivity index (χ1n) is 14.8. The van der Waals surface area contributed by atoms with Gasteiger partial charge in [-0.1, -0.05) is 148 Å². The van der Waals surface area contributed by atoms with Crippen LogP contribution in [0, 0.1) is 5.92 Å². The zero-order valence-electron chi connectivity index (χ0n) is 22.2. The van der Waals surface area contributed by atoms with E-state index >= 15 is 0 Å². The molecule has 1 aromatic heterocycles. The Bertz CT molecular complexity index is 640. The molecule has 1 N–H and O–H groups in total. The number of unbranched alkanes of at least 4 members (excludes halogenated alkanes) is 14. The van der Waals surface area contributed by atoms with Crippen molar-refractivity contribution in [3.05, 3.63) is 30.1 Å². The number of nitrogens with zero attached hydrogens (tertiary/aromatic N) is 1. The fraction of sp³-hybridized carbons (Fsp3) is 0.774. The second-order valence-corrected chi connectivity index (χ2v) is 10.5. The molecule has 188 valence electrons. The molecule has 0 radical (unpaired) electrons. The molecule has 0 atom stereocenters. The minimum atomic E-state index is 0.998. The van der Waals surface area contributed by atoms with Crippen LogP contribution >= 0.6 is 0 Å². The molecule has 0 aliphatic rings. The van der Waals surface area contributed by atoms with Crippen LogP contribution in [0.5, 0.6) is 0 Å². The summed E-state index contributed by atoms with van der Waals surface area (Å²) in [4.78, 5) is 8.19. The van der Waals surface area contributed by atoms with Gasteiger partial charge in [0.25, 0.3) is 0 Å². The van der Waals surface area contributed by atoms with Crippen LogP contribution in [-0.4, -0.2) is 9.97 Å². The molecule has 33 heavy (non-hydrogen) atoms. The maximum atomic E-state index is 4.72. The van der Waals surface area contributed by atoms with Crippen LogP contribution in [-0.2, 0) is 6.42 Å². The van der Waals surface area contributed by atoms with Gasteiger partial charge in [0, 0.05) is 6.42 Å². The number of para-hydroxylation sites is 2. The van der Waals surface area contributed by atoms with E-state index in [1.807, 2.05) is 0 Å². The molecule has 1 heterocycles. The molecular formula is C31H54N2. The topological polar surface area (TPSA) is 28.7 Å². The number of hydrogen-bond acceptors (Lipinski definition) is 1. The van der Waals surface area contributed by atoms with Gasteiger partial charge in [0.15, 0.2) is 0 Å². The maximum Gasteiger partial charge on any atom is 0.107 e. The van der Waals surface area contributed by atoms with Crippen LogP contribution in [0.15, 0.2) is 24.3 Å². The highest BCUT2D eigenvalue weighted by Crippen LogP contribution is 2.25. The van der Waals surface area contributed by atoms with E-state index in [0.29, 0.717) is 0 Å². The summed E-state index contributed by atoms with van der Waals surface area (Å²) < 4.78 is 0. The lowest BCUT2D eigenvalue weighted by molar-refractivity contribution is 0.365. The van der Waals surface area contributed by atoms with Gasteiger partial charge < -0.3 is 4.98 Å². The van der Waals surface area contributed by atoms with E-state index in [-0.39, 0.29) is 0 Å². The van der Waals surface area contributed by atoms with Crippen LogP contribution in [0.3, 0.4) is 0 Å². The molecule has 0 saturated carbocycles. The Kier molecular flexibility index (Phi) is 16.1. The highest BCUT2D eigenvalue weighted by atomic mass is 14.9. The second-order valence-electron chi connectivity index (χ2n) is 10.5. The summed E-state index contributed by atoms with van der Waals surface area (Å²) in [7, 11) is 0. The lowest BCUT2D eigenvalue weighted by Crippen LogP contribution is -2.02. The smallest absolute Gasteiger partial charge is 0.107 e. The van der Waals surface area contributed by atoms with Crippen molar-refractivity contribution in [3.8, 4) is 0 Å². The van der Waals surface area contributed by atoms with Crippen molar-refractivity contribution in [1.29, 1.82) is 0 Å². The fourth-order valence-corrected chi connectivity index (χ4v) is 5.24. The highest BCUT2D eigenvalue weighted by Gasteiger charge is 2.09. The summed E-state index contributed by atoms with van der Waals surface area (Å²) in [5, 5.41) is 0. The molecule has 0 amide bonds. The largest absolute Gasteiger partial charge is 0.342 e. The number of nitrogens with one attached hydrogen (secondary N) is 1. The first-order valence-corrected chi connectivity index (χ1v) is 14.8. The summed E-state index contributed by atoms with van der Waals surface area (Å²) in [6, 6.07) is 8.37. The molecule has 0 spiro atoms. The Morgan fingerprint density at radius 2 is 1.09 bits per heavy atom. The molecular weight excluding hydrogens is 400 g/mol. The van der Waals surface area contributed by atoms with Gasteiger partial charge in [0.05, 0.1) is 11.0 Å². The van der Waals surface area contributed by atoms with E-state index in [2.05, 4.69) is 43.1 Å². The van der Waals surface area contributed by atoms with Crippen LogP contribution in [0.4, 0.5) is 0 Å². The summed E-state index contributed by atoms with van der Waals surface area (Å²) in [6.07, 6.45) is 29.7. The Balaban J connectivity index is 1.54. The fourth-order valence-electron chi connectivity index (χ4n) is 5.24. The predicted octanol–water partition coefficient (Wildman–Crippen LogP) is 10.6. The first-order chi connectivity index (χ1) is 16.3. The van der Waals surface area contributed by atoms with Crippen molar-refractivity contribution < 1.29 is 0 Å². The van der Waals surface area contributed by atoms with E-state index in [1.165, 1.54) is 134 Å². The number of hydrogen-bond donors (Lipinski definition) is 1. The number of aromatic nitrogens is 2. The highest BCUT2D eigenvalue weighted by molar-refractivity contribution is 5.74. The Morgan fingerprint density at radius 3 is 1.64 bits per heavy atom. The Hall–Kier alpha value is -1.31. The summed E-state index contributed by atoms with van der Waals surface area (Å²) in [6.45, 7) is 4.63. The average molecular weight is 455 g/mol. The zero-order valence-corrected chi connectivity index (χ0v) is 22.2. The quantitative estimate of drug-likeness (QED) is 0.176. The number of rotatable bonds is 22. The normalized spacial score (nSPS) is 11.7. The number of imidazole rings is 1. The lowest BCUT2D eigenvalue weighted by atomic mass is 9.89. The minimum absolute atomic E-state index is 0.998. The number of H-pyrrole nitrogens is 1. The van der Waals surface area contributed by atoms with E-state index in [4.69, 9.17) is 4.98 Å². The number of aryl methyl sites for hydroxylation is 1. The molecule has 0 bridgehead atoms. The van der Waals surface area contributed by atoms with Crippen molar-refractivity contribution >= 4 is 11.0 Å². The zero-order chi connectivity index (χ0) is 23.4. The summed E-state index contributed by atoms with van der Waals surface area (Å²) in [5.74, 6) is 2.16. The third kappa shape index (κ3) is 13.2. The SMILES string of the molecule is CCCCCCCCC(CCCCCCCC)CCCCCCCc1nc2ccccc2[nH]1. The van der Waals surface area contributed by atoms with Crippen LogP contribution in [0.25, 0.3) is 11.0 Å².